The van der Waals surface area contributed by atoms with Crippen LogP contribution in [0.5, 0.6) is 0 Å². The normalized spacial score (nSPS) is 21.8. The van der Waals surface area contributed by atoms with Crippen molar-refractivity contribution in [2.24, 2.45) is 16.6 Å². The zero-order chi connectivity index (χ0) is 11.0. The van der Waals surface area contributed by atoms with Gasteiger partial charge < -0.3 is 10.6 Å². The van der Waals surface area contributed by atoms with Crippen molar-refractivity contribution in [1.82, 2.24) is 4.90 Å². The van der Waals surface area contributed by atoms with E-state index in [1.54, 1.807) is 0 Å². The number of nitrogens with zero attached hydrogens (tertiary/aromatic N) is 1. The molecule has 2 N–H and O–H groups in total. The van der Waals surface area contributed by atoms with Crippen molar-refractivity contribution in [3.05, 3.63) is 0 Å². The van der Waals surface area contributed by atoms with Gasteiger partial charge >= 0.3 is 0 Å². The molecule has 3 nitrogen and oxygen atoms in total. The summed E-state index contributed by atoms with van der Waals surface area (Å²) in [5, 5.41) is 0. The van der Waals surface area contributed by atoms with Crippen LogP contribution in [0, 0.1) is 10.8 Å². The topological polar surface area (TPSA) is 46.3 Å². The number of nitrogens with two attached hydrogens (primary N) is 1. The van der Waals surface area contributed by atoms with Gasteiger partial charge in [-0.05, 0) is 18.4 Å². The highest BCUT2D eigenvalue weighted by Gasteiger charge is 2.39. The highest BCUT2D eigenvalue weighted by Crippen LogP contribution is 2.32. The van der Waals surface area contributed by atoms with Crippen LogP contribution in [0.1, 0.15) is 34.1 Å². The molecule has 1 amide bonds. The van der Waals surface area contributed by atoms with Crippen LogP contribution < -0.4 is 5.73 Å². The van der Waals surface area contributed by atoms with Crippen LogP contribution in [0.25, 0.3) is 0 Å². The molecule has 1 saturated heterocycles. The Labute approximate surface area is 86.6 Å². The van der Waals surface area contributed by atoms with Crippen LogP contribution in [0.3, 0.4) is 0 Å². The number of carbonyl (C=O) groups excluding carboxylic acids is 1. The van der Waals surface area contributed by atoms with Crippen molar-refractivity contribution < 1.29 is 4.79 Å². The third kappa shape index (κ3) is 2.27. The SMILES string of the molecule is CC(C)(CN)CN1CCC(C)(C)C1=O. The lowest BCUT2D eigenvalue weighted by Gasteiger charge is -2.29. The molecule has 0 spiro atoms. The van der Waals surface area contributed by atoms with E-state index in [0.29, 0.717) is 6.54 Å². The Kier molecular flexibility index (Phi) is 2.91. The van der Waals surface area contributed by atoms with E-state index in [2.05, 4.69) is 13.8 Å². The third-order valence-electron chi connectivity index (χ3n) is 3.04. The first-order valence-electron chi connectivity index (χ1n) is 5.28. The molecule has 1 fully saturated rings. The molecule has 0 aromatic carbocycles. The first kappa shape index (κ1) is 11.5. The average Bonchev–Trinajstić information content (AvgIpc) is 2.32. The first-order chi connectivity index (χ1) is 6.28. The van der Waals surface area contributed by atoms with Gasteiger partial charge in [-0.2, -0.15) is 0 Å². The van der Waals surface area contributed by atoms with Gasteiger partial charge in [0.15, 0.2) is 0 Å². The van der Waals surface area contributed by atoms with Gasteiger partial charge in [0, 0.05) is 18.5 Å². The minimum atomic E-state index is -0.162. The lowest BCUT2D eigenvalue weighted by Crippen LogP contribution is -2.41. The maximum Gasteiger partial charge on any atom is 0.228 e. The Morgan fingerprint density at radius 1 is 1.50 bits per heavy atom. The maximum absolute atomic E-state index is 11.9. The molecular formula is C11H22N2O. The zero-order valence-corrected chi connectivity index (χ0v) is 9.76. The Morgan fingerprint density at radius 3 is 2.43 bits per heavy atom. The average molecular weight is 198 g/mol. The number of rotatable bonds is 3. The largest absolute Gasteiger partial charge is 0.342 e. The summed E-state index contributed by atoms with van der Waals surface area (Å²) in [4.78, 5) is 13.9. The van der Waals surface area contributed by atoms with Crippen LogP contribution in [-0.4, -0.2) is 30.4 Å². The van der Waals surface area contributed by atoms with E-state index < -0.39 is 0 Å². The van der Waals surface area contributed by atoms with Crippen LogP contribution in [0.4, 0.5) is 0 Å². The summed E-state index contributed by atoms with van der Waals surface area (Å²) >= 11 is 0. The van der Waals surface area contributed by atoms with Gasteiger partial charge in [-0.25, -0.2) is 0 Å². The molecule has 0 saturated carbocycles. The Morgan fingerprint density at radius 2 is 2.07 bits per heavy atom. The van der Waals surface area contributed by atoms with Crippen molar-refractivity contribution in [2.45, 2.75) is 34.1 Å². The summed E-state index contributed by atoms with van der Waals surface area (Å²) in [6.07, 6.45) is 0.965. The quantitative estimate of drug-likeness (QED) is 0.741. The molecule has 0 aromatic rings. The van der Waals surface area contributed by atoms with Gasteiger partial charge in [0.1, 0.15) is 0 Å². The molecule has 0 aliphatic carbocycles. The second kappa shape index (κ2) is 3.54. The summed E-state index contributed by atoms with van der Waals surface area (Å²) in [5.41, 5.74) is 5.54. The fourth-order valence-corrected chi connectivity index (χ4v) is 1.78. The molecule has 1 aliphatic heterocycles. The molecule has 0 aromatic heterocycles. The number of carbonyl (C=O) groups is 1. The van der Waals surface area contributed by atoms with E-state index in [9.17, 15) is 4.79 Å². The molecule has 1 aliphatic rings. The molecule has 0 radical (unpaired) electrons. The van der Waals surface area contributed by atoms with E-state index in [4.69, 9.17) is 5.73 Å². The van der Waals surface area contributed by atoms with Gasteiger partial charge in [-0.1, -0.05) is 27.7 Å². The molecule has 0 unspecified atom stereocenters. The highest BCUT2D eigenvalue weighted by atomic mass is 16.2. The molecule has 1 heterocycles. The predicted octanol–water partition coefficient (Wildman–Crippen LogP) is 1.23. The van der Waals surface area contributed by atoms with Gasteiger partial charge in [0.05, 0.1) is 0 Å². The number of hydrogen-bond acceptors (Lipinski definition) is 2. The summed E-state index contributed by atoms with van der Waals surface area (Å²) < 4.78 is 0. The third-order valence-corrected chi connectivity index (χ3v) is 3.04. The lowest BCUT2D eigenvalue weighted by atomic mass is 9.91. The van der Waals surface area contributed by atoms with E-state index >= 15 is 0 Å². The van der Waals surface area contributed by atoms with Gasteiger partial charge in [-0.15, -0.1) is 0 Å². The standard InChI is InChI=1S/C11H22N2O/c1-10(2,7-12)8-13-6-5-11(3,4)9(13)14/h5-8,12H2,1-4H3. The Balaban J connectivity index is 2.62. The molecule has 82 valence electrons. The number of amides is 1. The second-order valence-electron chi connectivity index (χ2n) is 5.73. The van der Waals surface area contributed by atoms with Crippen molar-refractivity contribution in [3.8, 4) is 0 Å². The van der Waals surface area contributed by atoms with Crippen molar-refractivity contribution >= 4 is 5.91 Å². The minimum absolute atomic E-state index is 0.0378. The summed E-state index contributed by atoms with van der Waals surface area (Å²) in [6, 6.07) is 0. The van der Waals surface area contributed by atoms with Crippen LogP contribution in [0.2, 0.25) is 0 Å². The molecule has 3 heteroatoms. The minimum Gasteiger partial charge on any atom is -0.342 e. The van der Waals surface area contributed by atoms with Gasteiger partial charge in [0.25, 0.3) is 0 Å². The molecule has 14 heavy (non-hydrogen) atoms. The molecule has 1 rings (SSSR count). The second-order valence-corrected chi connectivity index (χ2v) is 5.73. The Hall–Kier alpha value is -0.570. The van der Waals surface area contributed by atoms with E-state index in [1.807, 2.05) is 18.7 Å². The number of likely N-dealkylation sites (tertiary alicyclic amines) is 1. The van der Waals surface area contributed by atoms with Crippen LogP contribution in [-0.2, 0) is 4.79 Å². The highest BCUT2D eigenvalue weighted by molar-refractivity contribution is 5.84. The van der Waals surface area contributed by atoms with Gasteiger partial charge in [-0.3, -0.25) is 4.79 Å². The predicted molar refractivity (Wildman–Crippen MR) is 57.8 cm³/mol. The number of hydrogen-bond donors (Lipinski definition) is 1. The maximum atomic E-state index is 11.9. The van der Waals surface area contributed by atoms with Crippen molar-refractivity contribution in [2.75, 3.05) is 19.6 Å². The fraction of sp³-hybridized carbons (Fsp3) is 0.909. The van der Waals surface area contributed by atoms with Gasteiger partial charge in [0.2, 0.25) is 5.91 Å². The fourth-order valence-electron chi connectivity index (χ4n) is 1.78. The first-order valence-corrected chi connectivity index (χ1v) is 5.28. The summed E-state index contributed by atoms with van der Waals surface area (Å²) in [5.74, 6) is 0.277. The monoisotopic (exact) mass is 198 g/mol. The van der Waals surface area contributed by atoms with Crippen molar-refractivity contribution in [3.63, 3.8) is 0 Å². The molecular weight excluding hydrogens is 176 g/mol. The summed E-state index contributed by atoms with van der Waals surface area (Å²) in [6.45, 7) is 10.5. The Bertz CT molecular complexity index is 233. The lowest BCUT2D eigenvalue weighted by molar-refractivity contribution is -0.135. The molecule has 0 atom stereocenters. The van der Waals surface area contributed by atoms with Crippen LogP contribution in [0.15, 0.2) is 0 Å². The van der Waals surface area contributed by atoms with E-state index in [0.717, 1.165) is 19.5 Å². The smallest absolute Gasteiger partial charge is 0.228 e. The van der Waals surface area contributed by atoms with Crippen LogP contribution >= 0.6 is 0 Å². The summed E-state index contributed by atoms with van der Waals surface area (Å²) in [7, 11) is 0. The van der Waals surface area contributed by atoms with Crippen molar-refractivity contribution in [1.29, 1.82) is 0 Å². The zero-order valence-electron chi connectivity index (χ0n) is 9.76. The van der Waals surface area contributed by atoms with E-state index in [1.165, 1.54) is 0 Å². The molecule has 0 bridgehead atoms. The van der Waals surface area contributed by atoms with E-state index in [-0.39, 0.29) is 16.7 Å².